The van der Waals surface area contributed by atoms with Crippen LogP contribution in [0.5, 0.6) is 5.75 Å². The van der Waals surface area contributed by atoms with Gasteiger partial charge in [0.05, 0.1) is 27.5 Å². The number of anilines is 2. The second kappa shape index (κ2) is 10.7. The van der Waals surface area contributed by atoms with Gasteiger partial charge in [-0.2, -0.15) is 0 Å². The molecule has 0 unspecified atom stereocenters. The Labute approximate surface area is 228 Å². The van der Waals surface area contributed by atoms with E-state index in [-0.39, 0.29) is 11.6 Å². The van der Waals surface area contributed by atoms with Gasteiger partial charge in [-0.1, -0.05) is 34.4 Å². The van der Waals surface area contributed by atoms with Crippen LogP contribution < -0.4 is 15.4 Å². The number of nitrogens with one attached hydrogen (secondary N) is 2. The summed E-state index contributed by atoms with van der Waals surface area (Å²) in [6.45, 7) is 0. The maximum atomic E-state index is 12.6. The molecule has 2 amide bonds. The number of ether oxygens (including phenoxy) is 1. The number of halogens is 5. The molecule has 0 fully saturated rings. The molecule has 2 aromatic heterocycles. The molecule has 2 heterocycles. The number of carbonyl (C=O) groups excluding carboxylic acids is 1. The van der Waals surface area contributed by atoms with Gasteiger partial charge in [0.15, 0.2) is 5.82 Å². The summed E-state index contributed by atoms with van der Waals surface area (Å²) in [5.74, 6) is 0.0855. The highest BCUT2D eigenvalue weighted by molar-refractivity contribution is 6.39. The molecular formula is C25H15Cl2F3N6O3. The first-order chi connectivity index (χ1) is 18.7. The summed E-state index contributed by atoms with van der Waals surface area (Å²) in [6, 6.07) is 16.3. The number of amides is 2. The van der Waals surface area contributed by atoms with Gasteiger partial charge in [-0.15, -0.1) is 18.3 Å². The van der Waals surface area contributed by atoms with Crippen LogP contribution in [0.3, 0.4) is 0 Å². The molecule has 5 aromatic rings. The first-order valence-electron chi connectivity index (χ1n) is 11.0. The van der Waals surface area contributed by atoms with Crippen LogP contribution in [-0.2, 0) is 0 Å². The monoisotopic (exact) mass is 574 g/mol. The highest BCUT2D eigenvalue weighted by atomic mass is 35.5. The van der Waals surface area contributed by atoms with Gasteiger partial charge >= 0.3 is 12.4 Å². The molecule has 0 aliphatic carbocycles. The third-order valence-corrected chi connectivity index (χ3v) is 5.89. The number of urea groups is 1. The van der Waals surface area contributed by atoms with E-state index in [1.54, 1.807) is 42.5 Å². The average Bonchev–Trinajstić information content (AvgIpc) is 3.54. The van der Waals surface area contributed by atoms with Gasteiger partial charge in [-0.05, 0) is 60.7 Å². The van der Waals surface area contributed by atoms with E-state index in [0.717, 1.165) is 0 Å². The highest BCUT2D eigenvalue weighted by Gasteiger charge is 2.31. The van der Waals surface area contributed by atoms with Crippen molar-refractivity contribution in [3.8, 4) is 34.0 Å². The Bertz CT molecular complexity index is 1600. The Morgan fingerprint density at radius 2 is 1.64 bits per heavy atom. The van der Waals surface area contributed by atoms with Crippen molar-refractivity contribution in [2.75, 3.05) is 10.6 Å². The minimum absolute atomic E-state index is 0.0619. The van der Waals surface area contributed by atoms with Crippen molar-refractivity contribution in [3.05, 3.63) is 89.3 Å². The Morgan fingerprint density at radius 3 is 2.31 bits per heavy atom. The van der Waals surface area contributed by atoms with Crippen LogP contribution in [0.2, 0.25) is 10.0 Å². The summed E-state index contributed by atoms with van der Waals surface area (Å²) in [4.78, 5) is 16.8. The van der Waals surface area contributed by atoms with E-state index in [4.69, 9.17) is 27.7 Å². The number of carbonyl (C=O) groups is 1. The predicted octanol–water partition coefficient (Wildman–Crippen LogP) is 7.44. The molecule has 198 valence electrons. The largest absolute Gasteiger partial charge is 0.573 e. The lowest BCUT2D eigenvalue weighted by atomic mass is 10.1. The summed E-state index contributed by atoms with van der Waals surface area (Å²) in [5.41, 5.74) is 2.48. The van der Waals surface area contributed by atoms with Crippen molar-refractivity contribution < 1.29 is 27.2 Å². The molecule has 3 aromatic carbocycles. The lowest BCUT2D eigenvalue weighted by molar-refractivity contribution is -0.274. The smallest absolute Gasteiger partial charge is 0.406 e. The number of nitrogens with zero attached hydrogens (tertiary/aromatic N) is 4. The van der Waals surface area contributed by atoms with Crippen LogP contribution in [0.4, 0.5) is 29.5 Å². The highest BCUT2D eigenvalue weighted by Crippen LogP contribution is 2.38. The van der Waals surface area contributed by atoms with Crippen LogP contribution in [0.25, 0.3) is 28.2 Å². The summed E-state index contributed by atoms with van der Waals surface area (Å²) in [5, 5.41) is 14.1. The molecule has 0 spiro atoms. The Hall–Kier alpha value is -4.55. The van der Waals surface area contributed by atoms with E-state index in [1.165, 1.54) is 41.5 Å². The topological polar surface area (TPSA) is 107 Å². The summed E-state index contributed by atoms with van der Waals surface area (Å²) >= 11 is 12.5. The quantitative estimate of drug-likeness (QED) is 0.218. The van der Waals surface area contributed by atoms with Crippen molar-refractivity contribution in [1.82, 2.24) is 19.9 Å². The molecule has 9 nitrogen and oxygen atoms in total. The van der Waals surface area contributed by atoms with Crippen LogP contribution in [-0.4, -0.2) is 32.3 Å². The van der Waals surface area contributed by atoms with Gasteiger partial charge < -0.3 is 14.6 Å². The molecule has 14 heteroatoms. The van der Waals surface area contributed by atoms with Crippen LogP contribution >= 0.6 is 23.2 Å². The predicted molar refractivity (Wildman–Crippen MR) is 138 cm³/mol. The molecule has 0 bridgehead atoms. The summed E-state index contributed by atoms with van der Waals surface area (Å²) in [7, 11) is 0. The van der Waals surface area contributed by atoms with Crippen molar-refractivity contribution >= 4 is 40.8 Å². The van der Waals surface area contributed by atoms with Crippen LogP contribution in [0.15, 0.2) is 83.8 Å². The Kier molecular flexibility index (Phi) is 7.13. The molecule has 39 heavy (non-hydrogen) atoms. The van der Waals surface area contributed by atoms with Crippen molar-refractivity contribution in [2.45, 2.75) is 6.36 Å². The van der Waals surface area contributed by atoms with Gasteiger partial charge in [0, 0.05) is 16.8 Å². The molecule has 5 rings (SSSR count). The normalized spacial score (nSPS) is 11.3. The Morgan fingerprint density at radius 1 is 0.949 bits per heavy atom. The minimum atomic E-state index is -4.77. The second-order valence-corrected chi connectivity index (χ2v) is 8.69. The second-order valence-electron chi connectivity index (χ2n) is 7.88. The Balaban J connectivity index is 1.24. The average molecular weight is 575 g/mol. The van der Waals surface area contributed by atoms with Crippen molar-refractivity contribution in [2.24, 2.45) is 0 Å². The number of aromatic nitrogens is 4. The molecule has 0 aliphatic heterocycles. The first kappa shape index (κ1) is 26.1. The maximum Gasteiger partial charge on any atom is 0.573 e. The number of alkyl halides is 3. The fourth-order valence-corrected chi connectivity index (χ4v) is 4.15. The molecule has 2 N–H and O–H groups in total. The van der Waals surface area contributed by atoms with E-state index in [2.05, 4.69) is 30.6 Å². The van der Waals surface area contributed by atoms with Crippen LogP contribution in [0.1, 0.15) is 0 Å². The zero-order valence-corrected chi connectivity index (χ0v) is 20.9. The van der Waals surface area contributed by atoms with E-state index < -0.39 is 12.4 Å². The summed E-state index contributed by atoms with van der Waals surface area (Å²) in [6.07, 6.45) is -1.95. The van der Waals surface area contributed by atoms with Crippen LogP contribution in [0, 0.1) is 0 Å². The van der Waals surface area contributed by atoms with Gasteiger partial charge in [-0.3, -0.25) is 5.32 Å². The lowest BCUT2D eigenvalue weighted by Crippen LogP contribution is -2.19. The summed E-state index contributed by atoms with van der Waals surface area (Å²) < 4.78 is 47.5. The molecule has 0 saturated heterocycles. The van der Waals surface area contributed by atoms with E-state index in [1.807, 2.05) is 0 Å². The van der Waals surface area contributed by atoms with Gasteiger partial charge in [0.2, 0.25) is 5.88 Å². The van der Waals surface area contributed by atoms with Gasteiger partial charge in [0.1, 0.15) is 12.1 Å². The number of hydrogen-bond acceptors (Lipinski definition) is 6. The zero-order chi connectivity index (χ0) is 27.6. The number of rotatable bonds is 6. The first-order valence-corrected chi connectivity index (χ1v) is 11.8. The maximum absolute atomic E-state index is 12.6. The van der Waals surface area contributed by atoms with E-state index in [0.29, 0.717) is 43.9 Å². The van der Waals surface area contributed by atoms with Gasteiger partial charge in [0.25, 0.3) is 0 Å². The molecular weight excluding hydrogens is 560 g/mol. The standard InChI is InChI=1S/C25H15Cl2F3N6O3/c26-19-2-1-3-20(27)21(19)18-12-32-39-23(18)34-24(37)33-15-6-4-14(5-7-15)22-31-13-36(35-22)16-8-10-17(11-9-16)38-25(28,29)30/h1-13H,(H2,33,34,37). The minimum Gasteiger partial charge on any atom is -0.406 e. The molecule has 0 saturated carbocycles. The molecule has 0 atom stereocenters. The van der Waals surface area contributed by atoms with Gasteiger partial charge in [-0.25, -0.2) is 14.5 Å². The van der Waals surface area contributed by atoms with Crippen molar-refractivity contribution in [1.29, 1.82) is 0 Å². The zero-order valence-electron chi connectivity index (χ0n) is 19.4. The van der Waals surface area contributed by atoms with Crippen molar-refractivity contribution in [3.63, 3.8) is 0 Å². The number of benzene rings is 3. The number of hydrogen-bond donors (Lipinski definition) is 2. The molecule has 0 radical (unpaired) electrons. The van der Waals surface area contributed by atoms with E-state index >= 15 is 0 Å². The molecule has 0 aliphatic rings. The third-order valence-electron chi connectivity index (χ3n) is 5.26. The van der Waals surface area contributed by atoms with E-state index in [9.17, 15) is 18.0 Å². The fourth-order valence-electron chi connectivity index (χ4n) is 3.55. The third kappa shape index (κ3) is 6.13. The lowest BCUT2D eigenvalue weighted by Gasteiger charge is -2.09. The fraction of sp³-hybridized carbons (Fsp3) is 0.0400. The SMILES string of the molecule is O=C(Nc1ccc(-c2ncn(-c3ccc(OC(F)(F)F)cc3)n2)cc1)Nc1oncc1-c1c(Cl)cccc1Cl.